The summed E-state index contributed by atoms with van der Waals surface area (Å²) in [5.74, 6) is -0.408. The highest BCUT2D eigenvalue weighted by atomic mass is 16.5. The average molecular weight is 405 g/mol. The standard InChI is InChI=1S/C24H23NO5/c1-14-4-6-17(7-5-14)20-12-19(8-9-21(20)26)30-24-15(2)10-18(11-16(24)3)25-22(27)13-23(28)29/h4-12,26H,13H2,1-3H3,(H,25,27)(H,28,29). The van der Waals surface area contributed by atoms with E-state index in [9.17, 15) is 14.7 Å². The third-order valence-electron chi connectivity index (χ3n) is 4.61. The number of amides is 1. The van der Waals surface area contributed by atoms with E-state index in [1.807, 2.05) is 45.0 Å². The predicted molar refractivity (Wildman–Crippen MR) is 115 cm³/mol. The zero-order valence-corrected chi connectivity index (χ0v) is 17.0. The van der Waals surface area contributed by atoms with Gasteiger partial charge in [-0.15, -0.1) is 0 Å². The predicted octanol–water partition coefficient (Wildman–Crippen LogP) is 5.19. The van der Waals surface area contributed by atoms with Crippen LogP contribution in [0.4, 0.5) is 5.69 Å². The van der Waals surface area contributed by atoms with E-state index in [2.05, 4.69) is 5.32 Å². The van der Waals surface area contributed by atoms with E-state index in [1.54, 1.807) is 30.3 Å². The first kappa shape index (κ1) is 20.9. The molecule has 0 fully saturated rings. The van der Waals surface area contributed by atoms with E-state index in [4.69, 9.17) is 9.84 Å². The van der Waals surface area contributed by atoms with E-state index in [0.717, 1.165) is 22.3 Å². The van der Waals surface area contributed by atoms with Crippen molar-refractivity contribution in [3.8, 4) is 28.4 Å². The highest BCUT2D eigenvalue weighted by Gasteiger charge is 2.13. The van der Waals surface area contributed by atoms with Gasteiger partial charge in [-0.1, -0.05) is 29.8 Å². The molecule has 0 unspecified atom stereocenters. The quantitative estimate of drug-likeness (QED) is 0.491. The number of carboxylic acid groups (broad SMARTS) is 1. The van der Waals surface area contributed by atoms with Crippen molar-refractivity contribution in [3.05, 3.63) is 71.3 Å². The van der Waals surface area contributed by atoms with Crippen LogP contribution in [-0.2, 0) is 9.59 Å². The van der Waals surface area contributed by atoms with Crippen molar-refractivity contribution in [1.82, 2.24) is 0 Å². The molecule has 0 saturated heterocycles. The summed E-state index contributed by atoms with van der Waals surface area (Å²) in [5, 5.41) is 21.6. The summed E-state index contributed by atoms with van der Waals surface area (Å²) in [4.78, 5) is 22.4. The van der Waals surface area contributed by atoms with Crippen molar-refractivity contribution in [2.24, 2.45) is 0 Å². The fraction of sp³-hybridized carbons (Fsp3) is 0.167. The number of hydrogen-bond acceptors (Lipinski definition) is 4. The van der Waals surface area contributed by atoms with Gasteiger partial charge in [0.15, 0.2) is 0 Å². The molecule has 154 valence electrons. The van der Waals surface area contributed by atoms with E-state index in [0.29, 0.717) is 22.7 Å². The molecule has 6 nitrogen and oxygen atoms in total. The lowest BCUT2D eigenvalue weighted by atomic mass is 10.0. The van der Waals surface area contributed by atoms with Crippen LogP contribution in [0.1, 0.15) is 23.1 Å². The summed E-state index contributed by atoms with van der Waals surface area (Å²) in [5.41, 5.74) is 4.76. The van der Waals surface area contributed by atoms with Crippen LogP contribution in [-0.4, -0.2) is 22.1 Å². The molecule has 0 aliphatic heterocycles. The molecular weight excluding hydrogens is 382 g/mol. The lowest BCUT2D eigenvalue weighted by Gasteiger charge is -2.15. The summed E-state index contributed by atoms with van der Waals surface area (Å²) < 4.78 is 6.09. The molecule has 3 rings (SSSR count). The van der Waals surface area contributed by atoms with Gasteiger partial charge in [-0.05, 0) is 67.8 Å². The molecule has 0 saturated carbocycles. The third-order valence-corrected chi connectivity index (χ3v) is 4.61. The summed E-state index contributed by atoms with van der Waals surface area (Å²) in [6.45, 7) is 5.69. The molecule has 30 heavy (non-hydrogen) atoms. The number of rotatable bonds is 6. The molecule has 3 aromatic carbocycles. The van der Waals surface area contributed by atoms with Crippen LogP contribution < -0.4 is 10.1 Å². The van der Waals surface area contributed by atoms with Crippen molar-refractivity contribution in [1.29, 1.82) is 0 Å². The molecule has 0 spiro atoms. The lowest BCUT2D eigenvalue weighted by molar-refractivity contribution is -0.139. The van der Waals surface area contributed by atoms with E-state index in [1.165, 1.54) is 0 Å². The van der Waals surface area contributed by atoms with Crippen LogP contribution in [0.2, 0.25) is 0 Å². The van der Waals surface area contributed by atoms with Crippen molar-refractivity contribution < 1.29 is 24.5 Å². The number of anilines is 1. The number of hydrogen-bond donors (Lipinski definition) is 3. The maximum Gasteiger partial charge on any atom is 0.312 e. The fourth-order valence-electron chi connectivity index (χ4n) is 3.19. The zero-order chi connectivity index (χ0) is 21.8. The Kier molecular flexibility index (Phi) is 6.06. The molecule has 3 aromatic rings. The van der Waals surface area contributed by atoms with Crippen molar-refractivity contribution in [3.63, 3.8) is 0 Å². The van der Waals surface area contributed by atoms with Gasteiger partial charge in [-0.25, -0.2) is 0 Å². The Balaban J connectivity index is 1.86. The number of aromatic hydroxyl groups is 1. The Morgan fingerprint density at radius 2 is 1.57 bits per heavy atom. The van der Waals surface area contributed by atoms with Gasteiger partial charge in [0.05, 0.1) is 0 Å². The lowest BCUT2D eigenvalue weighted by Crippen LogP contribution is -2.16. The number of ether oxygens (including phenoxy) is 1. The first-order valence-corrected chi connectivity index (χ1v) is 9.43. The Bertz CT molecular complexity index is 1080. The van der Waals surface area contributed by atoms with Crippen LogP contribution in [0.25, 0.3) is 11.1 Å². The number of phenolic OH excluding ortho intramolecular Hbond substituents is 1. The van der Waals surface area contributed by atoms with E-state index >= 15 is 0 Å². The van der Waals surface area contributed by atoms with Gasteiger partial charge in [0.2, 0.25) is 5.91 Å². The van der Waals surface area contributed by atoms with Gasteiger partial charge >= 0.3 is 5.97 Å². The minimum absolute atomic E-state index is 0.163. The van der Waals surface area contributed by atoms with Crippen LogP contribution >= 0.6 is 0 Å². The number of aliphatic carboxylic acids is 1. The highest BCUT2D eigenvalue weighted by Crippen LogP contribution is 2.37. The normalized spacial score (nSPS) is 10.5. The van der Waals surface area contributed by atoms with Gasteiger partial charge in [0.1, 0.15) is 23.7 Å². The number of carboxylic acids is 1. The third kappa shape index (κ3) is 4.97. The second-order valence-corrected chi connectivity index (χ2v) is 7.20. The molecule has 6 heteroatoms. The summed E-state index contributed by atoms with van der Waals surface area (Å²) in [6, 6.07) is 16.4. The maximum absolute atomic E-state index is 11.7. The number of carbonyl (C=O) groups is 2. The van der Waals surface area contributed by atoms with Crippen molar-refractivity contribution in [2.75, 3.05) is 5.32 Å². The molecule has 0 aliphatic rings. The Hall–Kier alpha value is -3.80. The number of carbonyl (C=O) groups excluding carboxylic acids is 1. The topological polar surface area (TPSA) is 95.9 Å². The van der Waals surface area contributed by atoms with Crippen molar-refractivity contribution >= 4 is 17.6 Å². The monoisotopic (exact) mass is 405 g/mol. The average Bonchev–Trinajstić information content (AvgIpc) is 2.66. The van der Waals surface area contributed by atoms with Crippen LogP contribution in [0, 0.1) is 20.8 Å². The fourth-order valence-corrected chi connectivity index (χ4v) is 3.19. The van der Waals surface area contributed by atoms with Crippen molar-refractivity contribution in [2.45, 2.75) is 27.2 Å². The summed E-state index contributed by atoms with van der Waals surface area (Å²) >= 11 is 0. The Labute approximate surface area is 174 Å². The number of phenols is 1. The molecule has 0 heterocycles. The second kappa shape index (κ2) is 8.69. The largest absolute Gasteiger partial charge is 0.507 e. The summed E-state index contributed by atoms with van der Waals surface area (Å²) in [7, 11) is 0. The molecule has 3 N–H and O–H groups in total. The minimum atomic E-state index is -1.18. The van der Waals surface area contributed by atoms with E-state index < -0.39 is 18.3 Å². The van der Waals surface area contributed by atoms with Crippen LogP contribution in [0.3, 0.4) is 0 Å². The number of benzene rings is 3. The molecule has 0 aromatic heterocycles. The molecule has 1 amide bonds. The number of aryl methyl sites for hydroxylation is 3. The first-order valence-electron chi connectivity index (χ1n) is 9.43. The van der Waals surface area contributed by atoms with Gasteiger partial charge in [0.25, 0.3) is 0 Å². The smallest absolute Gasteiger partial charge is 0.312 e. The molecular formula is C24H23NO5. The summed E-state index contributed by atoms with van der Waals surface area (Å²) in [6.07, 6.45) is -0.592. The van der Waals surface area contributed by atoms with Crippen LogP contribution in [0.5, 0.6) is 17.2 Å². The van der Waals surface area contributed by atoms with E-state index in [-0.39, 0.29) is 5.75 Å². The SMILES string of the molecule is Cc1ccc(-c2cc(Oc3c(C)cc(NC(=O)CC(=O)O)cc3C)ccc2O)cc1. The highest BCUT2D eigenvalue weighted by molar-refractivity contribution is 6.01. The van der Waals surface area contributed by atoms with Gasteiger partial charge < -0.3 is 20.3 Å². The van der Waals surface area contributed by atoms with Crippen LogP contribution in [0.15, 0.2) is 54.6 Å². The maximum atomic E-state index is 11.7. The minimum Gasteiger partial charge on any atom is -0.507 e. The Morgan fingerprint density at radius 1 is 0.933 bits per heavy atom. The molecule has 0 aliphatic carbocycles. The second-order valence-electron chi connectivity index (χ2n) is 7.20. The molecule has 0 bridgehead atoms. The first-order chi connectivity index (χ1) is 14.2. The van der Waals surface area contributed by atoms with Gasteiger partial charge in [-0.2, -0.15) is 0 Å². The number of nitrogens with one attached hydrogen (secondary N) is 1. The Morgan fingerprint density at radius 3 is 2.17 bits per heavy atom. The van der Waals surface area contributed by atoms with Gasteiger partial charge in [-0.3, -0.25) is 9.59 Å². The van der Waals surface area contributed by atoms with Gasteiger partial charge in [0, 0.05) is 11.3 Å². The molecule has 0 atom stereocenters. The zero-order valence-electron chi connectivity index (χ0n) is 17.0. The molecule has 0 radical (unpaired) electrons.